The Morgan fingerprint density at radius 1 is 1.04 bits per heavy atom. The van der Waals surface area contributed by atoms with Crippen LogP contribution in [0, 0.1) is 20.8 Å². The van der Waals surface area contributed by atoms with Crippen LogP contribution in [0.3, 0.4) is 0 Å². The number of piperazine rings is 1. The van der Waals surface area contributed by atoms with Gasteiger partial charge in [0.1, 0.15) is 0 Å². The Hall–Kier alpha value is -1.24. The zero-order valence-electron chi connectivity index (χ0n) is 14.4. The second kappa shape index (κ2) is 7.11. The van der Waals surface area contributed by atoms with Crippen molar-refractivity contribution in [3.63, 3.8) is 0 Å². The Morgan fingerprint density at radius 3 is 2.04 bits per heavy atom. The van der Waals surface area contributed by atoms with Gasteiger partial charge in [0, 0.05) is 31.7 Å². The summed E-state index contributed by atoms with van der Waals surface area (Å²) in [5.41, 5.74) is 3.99. The highest BCUT2D eigenvalue weighted by Gasteiger charge is 2.26. The third-order valence-electron chi connectivity index (χ3n) is 4.41. The average Bonchev–Trinajstić information content (AvgIpc) is 2.46. The summed E-state index contributed by atoms with van der Waals surface area (Å²) in [5.74, 6) is 0.250. The van der Waals surface area contributed by atoms with E-state index in [2.05, 4.69) is 0 Å². The van der Waals surface area contributed by atoms with Gasteiger partial charge in [0.05, 0.1) is 12.3 Å². The van der Waals surface area contributed by atoms with Gasteiger partial charge in [-0.25, -0.2) is 8.42 Å². The van der Waals surface area contributed by atoms with Crippen molar-refractivity contribution in [3.05, 3.63) is 34.4 Å². The summed E-state index contributed by atoms with van der Waals surface area (Å²) < 4.78 is 25.3. The predicted molar refractivity (Wildman–Crippen MR) is 92.5 cm³/mol. The van der Waals surface area contributed by atoms with E-state index in [0.717, 1.165) is 22.3 Å². The minimum absolute atomic E-state index is 0.117. The van der Waals surface area contributed by atoms with Gasteiger partial charge in [0.25, 0.3) is 0 Å². The molecule has 0 unspecified atom stereocenters. The number of sulfonamides is 1. The summed E-state index contributed by atoms with van der Waals surface area (Å²) in [6.07, 6.45) is 0. The van der Waals surface area contributed by atoms with E-state index in [-0.39, 0.29) is 11.5 Å². The van der Waals surface area contributed by atoms with Crippen LogP contribution in [0.2, 0.25) is 0 Å². The lowest BCUT2D eigenvalue weighted by atomic mass is 9.96. The van der Waals surface area contributed by atoms with Crippen molar-refractivity contribution >= 4 is 15.8 Å². The van der Waals surface area contributed by atoms with Crippen molar-refractivity contribution in [1.82, 2.24) is 9.21 Å². The lowest BCUT2D eigenvalue weighted by molar-refractivity contribution is 0.0900. The van der Waals surface area contributed by atoms with Gasteiger partial charge in [-0.2, -0.15) is 4.31 Å². The van der Waals surface area contributed by atoms with Gasteiger partial charge >= 0.3 is 0 Å². The van der Waals surface area contributed by atoms with Crippen LogP contribution >= 0.6 is 0 Å². The molecule has 0 aliphatic carbocycles. The van der Waals surface area contributed by atoms with E-state index in [9.17, 15) is 13.2 Å². The first-order valence-corrected chi connectivity index (χ1v) is 9.66. The van der Waals surface area contributed by atoms with Crippen LogP contribution in [-0.4, -0.2) is 61.9 Å². The molecule has 23 heavy (non-hydrogen) atoms. The molecule has 6 heteroatoms. The van der Waals surface area contributed by atoms with Crippen molar-refractivity contribution in [2.45, 2.75) is 27.7 Å². The maximum Gasteiger partial charge on any atom is 0.213 e. The zero-order chi connectivity index (χ0) is 17.2. The molecule has 0 N–H and O–H groups in total. The molecule has 1 aromatic rings. The van der Waals surface area contributed by atoms with Crippen LogP contribution in [0.4, 0.5) is 0 Å². The molecule has 0 amide bonds. The number of nitrogens with zero attached hydrogens (tertiary/aromatic N) is 2. The Balaban J connectivity index is 2.01. The number of benzene rings is 1. The Labute approximate surface area is 139 Å². The third kappa shape index (κ3) is 4.19. The van der Waals surface area contributed by atoms with E-state index in [1.807, 2.05) is 37.8 Å². The van der Waals surface area contributed by atoms with E-state index >= 15 is 0 Å². The van der Waals surface area contributed by atoms with E-state index in [4.69, 9.17) is 0 Å². The molecule has 0 bridgehead atoms. The topological polar surface area (TPSA) is 57.7 Å². The molecular weight excluding hydrogens is 312 g/mol. The summed E-state index contributed by atoms with van der Waals surface area (Å²) in [7, 11) is -3.12. The molecule has 0 atom stereocenters. The van der Waals surface area contributed by atoms with Crippen LogP contribution in [0.5, 0.6) is 0 Å². The van der Waals surface area contributed by atoms with E-state index in [1.165, 1.54) is 4.31 Å². The van der Waals surface area contributed by atoms with Gasteiger partial charge in [-0.1, -0.05) is 17.7 Å². The molecule has 1 aliphatic heterocycles. The quantitative estimate of drug-likeness (QED) is 0.768. The first-order chi connectivity index (χ1) is 10.7. The fourth-order valence-corrected chi connectivity index (χ4v) is 4.34. The number of ketones is 1. The van der Waals surface area contributed by atoms with Gasteiger partial charge in [-0.05, 0) is 38.8 Å². The molecule has 1 heterocycles. The van der Waals surface area contributed by atoms with E-state index in [0.29, 0.717) is 32.7 Å². The summed E-state index contributed by atoms with van der Waals surface area (Å²) in [5, 5.41) is 0. The van der Waals surface area contributed by atoms with Crippen LogP contribution in [0.25, 0.3) is 0 Å². The lowest BCUT2D eigenvalue weighted by Crippen LogP contribution is -2.50. The van der Waals surface area contributed by atoms with Crippen molar-refractivity contribution in [1.29, 1.82) is 0 Å². The number of hydrogen-bond donors (Lipinski definition) is 0. The molecule has 1 fully saturated rings. The number of carbonyl (C=O) groups is 1. The molecule has 2 rings (SSSR count). The van der Waals surface area contributed by atoms with Crippen molar-refractivity contribution < 1.29 is 13.2 Å². The van der Waals surface area contributed by atoms with Gasteiger partial charge < -0.3 is 0 Å². The summed E-state index contributed by atoms with van der Waals surface area (Å²) in [6.45, 7) is 10.1. The largest absolute Gasteiger partial charge is 0.293 e. The smallest absolute Gasteiger partial charge is 0.213 e. The fraction of sp³-hybridized carbons (Fsp3) is 0.588. The molecule has 1 saturated heterocycles. The van der Waals surface area contributed by atoms with Gasteiger partial charge in [0.15, 0.2) is 5.78 Å². The van der Waals surface area contributed by atoms with E-state index < -0.39 is 10.0 Å². The molecule has 0 aromatic heterocycles. The number of carbonyl (C=O) groups excluding carboxylic acids is 1. The van der Waals surface area contributed by atoms with Gasteiger partial charge in [-0.3, -0.25) is 9.69 Å². The van der Waals surface area contributed by atoms with Gasteiger partial charge in [-0.15, -0.1) is 0 Å². The van der Waals surface area contributed by atoms with Gasteiger partial charge in [0.2, 0.25) is 10.0 Å². The highest BCUT2D eigenvalue weighted by atomic mass is 32.2. The predicted octanol–water partition coefficient (Wildman–Crippen LogP) is 1.76. The number of aryl methyl sites for hydroxylation is 3. The standard InChI is InChI=1S/C17H26N2O3S/c1-5-23(21,22)19-8-6-18(7-9-19)12-16(20)17-14(3)10-13(2)11-15(17)4/h10-11H,5-9,12H2,1-4H3. The summed E-state index contributed by atoms with van der Waals surface area (Å²) in [6, 6.07) is 4.07. The molecular formula is C17H26N2O3S. The highest BCUT2D eigenvalue weighted by molar-refractivity contribution is 7.89. The highest BCUT2D eigenvalue weighted by Crippen LogP contribution is 2.18. The van der Waals surface area contributed by atoms with Crippen molar-refractivity contribution in [2.75, 3.05) is 38.5 Å². The van der Waals surface area contributed by atoms with Crippen LogP contribution in [-0.2, 0) is 10.0 Å². The Kier molecular flexibility index (Phi) is 5.60. The normalized spacial score (nSPS) is 17.4. The molecule has 0 spiro atoms. The lowest BCUT2D eigenvalue weighted by Gasteiger charge is -2.33. The van der Waals surface area contributed by atoms with Crippen LogP contribution in [0.15, 0.2) is 12.1 Å². The first kappa shape index (κ1) is 18.1. The van der Waals surface area contributed by atoms with E-state index in [1.54, 1.807) is 6.92 Å². The number of Topliss-reactive ketones (excluding diaryl/α,β-unsaturated/α-hetero) is 1. The second-order valence-electron chi connectivity index (χ2n) is 6.27. The second-order valence-corrected chi connectivity index (χ2v) is 8.53. The third-order valence-corrected chi connectivity index (χ3v) is 6.29. The fourth-order valence-electron chi connectivity index (χ4n) is 3.25. The maximum absolute atomic E-state index is 12.6. The average molecular weight is 338 g/mol. The molecule has 128 valence electrons. The Bertz CT molecular complexity index is 667. The van der Waals surface area contributed by atoms with Crippen LogP contribution < -0.4 is 0 Å². The summed E-state index contributed by atoms with van der Waals surface area (Å²) >= 11 is 0. The van der Waals surface area contributed by atoms with Crippen molar-refractivity contribution in [2.24, 2.45) is 0 Å². The minimum Gasteiger partial charge on any atom is -0.293 e. The molecule has 0 saturated carbocycles. The molecule has 1 aliphatic rings. The first-order valence-electron chi connectivity index (χ1n) is 8.06. The molecule has 1 aromatic carbocycles. The zero-order valence-corrected chi connectivity index (χ0v) is 15.2. The SMILES string of the molecule is CCS(=O)(=O)N1CCN(CC(=O)c2c(C)cc(C)cc2C)CC1. The Morgan fingerprint density at radius 2 is 1.57 bits per heavy atom. The number of hydrogen-bond acceptors (Lipinski definition) is 4. The monoisotopic (exact) mass is 338 g/mol. The molecule has 0 radical (unpaired) electrons. The minimum atomic E-state index is -3.12. The van der Waals surface area contributed by atoms with Crippen molar-refractivity contribution in [3.8, 4) is 0 Å². The van der Waals surface area contributed by atoms with Crippen LogP contribution in [0.1, 0.15) is 34.0 Å². The summed E-state index contributed by atoms with van der Waals surface area (Å²) in [4.78, 5) is 14.7. The molecule has 5 nitrogen and oxygen atoms in total. The maximum atomic E-state index is 12.6. The number of rotatable bonds is 5.